The first-order valence-electron chi connectivity index (χ1n) is 10.7. The third-order valence-corrected chi connectivity index (χ3v) is 5.61. The zero-order valence-electron chi connectivity index (χ0n) is 18.0. The fourth-order valence-electron chi connectivity index (χ4n) is 4.05. The van der Waals surface area contributed by atoms with E-state index in [-0.39, 0.29) is 6.04 Å². The van der Waals surface area contributed by atoms with Crippen molar-refractivity contribution in [1.82, 2.24) is 0 Å². The molecule has 32 heavy (non-hydrogen) atoms. The lowest BCUT2D eigenvalue weighted by Gasteiger charge is -2.37. The molecule has 0 saturated heterocycles. The van der Waals surface area contributed by atoms with E-state index < -0.39 is 5.60 Å². The van der Waals surface area contributed by atoms with Crippen LogP contribution in [0.2, 0.25) is 0 Å². The van der Waals surface area contributed by atoms with Gasteiger partial charge in [0.2, 0.25) is 0 Å². The summed E-state index contributed by atoms with van der Waals surface area (Å²) in [5.41, 5.74) is 2.98. The molecule has 0 aliphatic rings. The summed E-state index contributed by atoms with van der Waals surface area (Å²) in [6.45, 7) is 2.24. The molecule has 0 bridgehead atoms. The van der Waals surface area contributed by atoms with Gasteiger partial charge in [-0.2, -0.15) is 0 Å². The van der Waals surface area contributed by atoms with Crippen molar-refractivity contribution in [2.45, 2.75) is 18.6 Å². The third-order valence-electron chi connectivity index (χ3n) is 5.61. The number of nitrogens with zero attached hydrogens (tertiary/aromatic N) is 2. The lowest BCUT2D eigenvalue weighted by Crippen LogP contribution is -2.39. The summed E-state index contributed by atoms with van der Waals surface area (Å²) >= 11 is 0. The molecule has 160 valence electrons. The Morgan fingerprint density at radius 3 is 1.44 bits per heavy atom. The first-order chi connectivity index (χ1) is 15.8. The molecule has 0 radical (unpaired) electrons. The molecule has 0 N–H and O–H groups in total. The lowest BCUT2D eigenvalue weighted by atomic mass is 9.80. The normalized spacial score (nSPS) is 12.2. The molecule has 0 spiro atoms. The van der Waals surface area contributed by atoms with Crippen LogP contribution in [-0.2, 0) is 10.3 Å². The molecule has 4 nitrogen and oxygen atoms in total. The molecule has 4 aromatic carbocycles. The Bertz CT molecular complexity index is 1010. The molecule has 0 saturated carbocycles. The molecule has 1 atom stereocenters. The van der Waals surface area contributed by atoms with Gasteiger partial charge in [-0.15, -0.1) is 4.91 Å². The highest BCUT2D eigenvalue weighted by molar-refractivity contribution is 5.48. The predicted octanol–water partition coefficient (Wildman–Crippen LogP) is 6.57. The van der Waals surface area contributed by atoms with Crippen molar-refractivity contribution in [2.75, 3.05) is 11.6 Å². The van der Waals surface area contributed by atoms with Crippen molar-refractivity contribution in [3.05, 3.63) is 143 Å². The van der Waals surface area contributed by atoms with Crippen LogP contribution in [0.25, 0.3) is 0 Å². The first-order valence-corrected chi connectivity index (χ1v) is 10.7. The molecule has 0 aliphatic carbocycles. The van der Waals surface area contributed by atoms with Gasteiger partial charge in [0.1, 0.15) is 5.60 Å². The highest BCUT2D eigenvalue weighted by atomic mass is 16.5. The number of benzene rings is 4. The van der Waals surface area contributed by atoms with Crippen molar-refractivity contribution >= 4 is 5.69 Å². The Kier molecular flexibility index (Phi) is 6.73. The van der Waals surface area contributed by atoms with Gasteiger partial charge < -0.3 is 4.74 Å². The van der Waals surface area contributed by atoms with Crippen LogP contribution in [0.5, 0.6) is 0 Å². The van der Waals surface area contributed by atoms with Gasteiger partial charge in [0.25, 0.3) is 0 Å². The molecular weight excluding hydrogens is 396 g/mol. The molecule has 0 aliphatic heterocycles. The molecule has 0 heterocycles. The highest BCUT2D eigenvalue weighted by Crippen LogP contribution is 2.40. The molecular formula is C28H26N2O2. The van der Waals surface area contributed by atoms with E-state index in [1.54, 1.807) is 0 Å². The van der Waals surface area contributed by atoms with Gasteiger partial charge in [-0.1, -0.05) is 109 Å². The summed E-state index contributed by atoms with van der Waals surface area (Å²) < 4.78 is 6.81. The number of ether oxygens (including phenoxy) is 1. The van der Waals surface area contributed by atoms with Gasteiger partial charge in [-0.05, 0) is 35.7 Å². The summed E-state index contributed by atoms with van der Waals surface area (Å²) in [5, 5.41) is 4.74. The number of nitroso groups, excluding NO2 is 1. The quantitative estimate of drug-likeness (QED) is 0.174. The van der Waals surface area contributed by atoms with E-state index in [2.05, 4.69) is 41.7 Å². The van der Waals surface area contributed by atoms with E-state index in [0.717, 1.165) is 22.4 Å². The van der Waals surface area contributed by atoms with Crippen LogP contribution in [0.3, 0.4) is 0 Å². The van der Waals surface area contributed by atoms with E-state index in [9.17, 15) is 4.91 Å². The van der Waals surface area contributed by atoms with Gasteiger partial charge in [0, 0.05) is 0 Å². The maximum absolute atomic E-state index is 11.7. The van der Waals surface area contributed by atoms with E-state index in [1.165, 1.54) is 5.01 Å². The molecule has 0 unspecified atom stereocenters. The monoisotopic (exact) mass is 422 g/mol. The topological polar surface area (TPSA) is 41.9 Å². The molecule has 0 aromatic heterocycles. The Morgan fingerprint density at radius 1 is 0.688 bits per heavy atom. The van der Waals surface area contributed by atoms with Crippen molar-refractivity contribution < 1.29 is 4.74 Å². The molecule has 4 heteroatoms. The van der Waals surface area contributed by atoms with Crippen molar-refractivity contribution in [2.24, 2.45) is 5.29 Å². The van der Waals surface area contributed by atoms with Crippen LogP contribution in [0.15, 0.2) is 127 Å². The maximum Gasteiger partial charge on any atom is 0.143 e. The van der Waals surface area contributed by atoms with Crippen LogP contribution in [-0.4, -0.2) is 12.6 Å². The van der Waals surface area contributed by atoms with Crippen LogP contribution in [0.1, 0.15) is 23.6 Å². The van der Waals surface area contributed by atoms with Gasteiger partial charge in [-0.25, -0.2) is 5.01 Å². The standard InChI is InChI=1S/C28H26N2O2/c1-23(30(29-31)27-20-12-5-13-21-27)22-32-28(24-14-6-2-7-15-24,25-16-8-3-9-17-25)26-18-10-4-11-19-26/h2-21,23H,22H2,1H3/t23-/m1/s1. The SMILES string of the molecule is C[C@H](COC(c1ccccc1)(c1ccccc1)c1ccccc1)N(N=O)c1ccccc1. The van der Waals surface area contributed by atoms with Gasteiger partial charge >= 0.3 is 0 Å². The Labute approximate surface area is 189 Å². The largest absolute Gasteiger partial charge is 0.359 e. The number of hydrogen-bond donors (Lipinski definition) is 0. The third kappa shape index (κ3) is 4.32. The maximum atomic E-state index is 11.7. The average molecular weight is 423 g/mol. The Balaban J connectivity index is 1.77. The Morgan fingerprint density at radius 2 is 1.06 bits per heavy atom. The van der Waals surface area contributed by atoms with Crippen molar-refractivity contribution in [3.8, 4) is 0 Å². The van der Waals surface area contributed by atoms with E-state index >= 15 is 0 Å². The second-order valence-corrected chi connectivity index (χ2v) is 7.70. The van der Waals surface area contributed by atoms with Gasteiger partial charge in [-0.3, -0.25) is 0 Å². The van der Waals surface area contributed by atoms with Crippen LogP contribution in [0.4, 0.5) is 5.69 Å². The smallest absolute Gasteiger partial charge is 0.143 e. The van der Waals surface area contributed by atoms with Crippen LogP contribution < -0.4 is 5.01 Å². The number of hydrogen-bond acceptors (Lipinski definition) is 3. The molecule has 0 fully saturated rings. The zero-order chi connectivity index (χ0) is 22.2. The van der Waals surface area contributed by atoms with Crippen molar-refractivity contribution in [1.29, 1.82) is 0 Å². The van der Waals surface area contributed by atoms with Gasteiger partial charge in [0.05, 0.1) is 23.6 Å². The van der Waals surface area contributed by atoms with E-state index in [4.69, 9.17) is 4.74 Å². The average Bonchev–Trinajstić information content (AvgIpc) is 2.87. The second kappa shape index (κ2) is 10.0. The predicted molar refractivity (Wildman–Crippen MR) is 129 cm³/mol. The fourth-order valence-corrected chi connectivity index (χ4v) is 4.05. The second-order valence-electron chi connectivity index (χ2n) is 7.70. The zero-order valence-corrected chi connectivity index (χ0v) is 18.0. The van der Waals surface area contributed by atoms with Crippen molar-refractivity contribution in [3.63, 3.8) is 0 Å². The minimum absolute atomic E-state index is 0.273. The molecule has 4 rings (SSSR count). The van der Waals surface area contributed by atoms with Gasteiger partial charge in [0.15, 0.2) is 0 Å². The minimum atomic E-state index is -0.830. The van der Waals surface area contributed by atoms with Crippen LogP contribution in [0, 0.1) is 4.91 Å². The Hall–Kier alpha value is -3.76. The minimum Gasteiger partial charge on any atom is -0.359 e. The first kappa shape index (κ1) is 21.5. The summed E-state index contributed by atoms with van der Waals surface area (Å²) in [5.74, 6) is 0. The number of para-hydroxylation sites is 1. The fraction of sp³-hybridized carbons (Fsp3) is 0.143. The van der Waals surface area contributed by atoms with E-state index in [0.29, 0.717) is 6.61 Å². The summed E-state index contributed by atoms with van der Waals surface area (Å²) in [4.78, 5) is 11.7. The van der Waals surface area contributed by atoms with E-state index in [1.807, 2.05) is 91.9 Å². The highest BCUT2D eigenvalue weighted by Gasteiger charge is 2.38. The summed E-state index contributed by atoms with van der Waals surface area (Å²) in [7, 11) is 0. The van der Waals surface area contributed by atoms with Crippen LogP contribution >= 0.6 is 0 Å². The molecule has 0 amide bonds. The lowest BCUT2D eigenvalue weighted by molar-refractivity contribution is 0.00612. The summed E-state index contributed by atoms with van der Waals surface area (Å²) in [6, 6.07) is 39.8. The number of rotatable bonds is 9. The number of anilines is 1. The molecule has 4 aromatic rings. The summed E-state index contributed by atoms with van der Waals surface area (Å²) in [6.07, 6.45) is 0.